The Morgan fingerprint density at radius 1 is 1.12 bits per heavy atom. The van der Waals surface area contributed by atoms with Crippen molar-refractivity contribution in [3.8, 4) is 11.5 Å². The molecular formula is C14H18O3. The molecule has 0 saturated carbocycles. The topological polar surface area (TPSA) is 38.7 Å². The van der Waals surface area contributed by atoms with E-state index < -0.39 is 0 Å². The van der Waals surface area contributed by atoms with Gasteiger partial charge < -0.3 is 14.6 Å². The Morgan fingerprint density at radius 3 is 2.47 bits per heavy atom. The van der Waals surface area contributed by atoms with Crippen LogP contribution >= 0.6 is 0 Å². The Hall–Kier alpha value is -1.22. The second kappa shape index (κ2) is 3.91. The van der Waals surface area contributed by atoms with E-state index in [-0.39, 0.29) is 6.10 Å². The van der Waals surface area contributed by atoms with Crippen LogP contribution < -0.4 is 9.47 Å². The van der Waals surface area contributed by atoms with Gasteiger partial charge in [-0.25, -0.2) is 0 Å². The maximum absolute atomic E-state index is 9.64. The van der Waals surface area contributed by atoms with Gasteiger partial charge in [0.1, 0.15) is 11.5 Å². The first-order valence-corrected chi connectivity index (χ1v) is 6.29. The van der Waals surface area contributed by atoms with Gasteiger partial charge in [0.15, 0.2) is 0 Å². The van der Waals surface area contributed by atoms with Crippen LogP contribution in [-0.2, 0) is 19.3 Å². The molecule has 0 radical (unpaired) electrons. The summed E-state index contributed by atoms with van der Waals surface area (Å²) in [6, 6.07) is 0. The lowest BCUT2D eigenvalue weighted by atomic mass is 9.92. The number of fused-ring (bicyclic) bond motifs is 2. The number of rotatable bonds is 2. The number of benzene rings is 1. The Balaban J connectivity index is 2.19. The Kier molecular flexibility index (Phi) is 2.51. The van der Waals surface area contributed by atoms with Gasteiger partial charge in [-0.1, -0.05) is 0 Å². The van der Waals surface area contributed by atoms with E-state index in [0.717, 1.165) is 37.6 Å². The highest BCUT2D eigenvalue weighted by Crippen LogP contribution is 2.44. The molecule has 3 nitrogen and oxygen atoms in total. The predicted molar refractivity (Wildman–Crippen MR) is 65.0 cm³/mol. The molecule has 1 aromatic carbocycles. The summed E-state index contributed by atoms with van der Waals surface area (Å²) < 4.78 is 11.5. The van der Waals surface area contributed by atoms with Crippen LogP contribution in [0, 0.1) is 6.92 Å². The smallest absolute Gasteiger partial charge is 0.126 e. The van der Waals surface area contributed by atoms with Gasteiger partial charge in [0.05, 0.1) is 19.3 Å². The van der Waals surface area contributed by atoms with Crippen molar-refractivity contribution in [2.75, 3.05) is 13.2 Å². The molecule has 0 aromatic heterocycles. The molecule has 3 rings (SSSR count). The van der Waals surface area contributed by atoms with Crippen molar-refractivity contribution < 1.29 is 14.6 Å². The summed E-state index contributed by atoms with van der Waals surface area (Å²) in [6.07, 6.45) is 2.23. The molecule has 0 aliphatic carbocycles. The average Bonchev–Trinajstić information content (AvgIpc) is 2.92. The minimum atomic E-state index is -0.337. The third-order valence-corrected chi connectivity index (χ3v) is 3.68. The van der Waals surface area contributed by atoms with Crippen molar-refractivity contribution in [3.63, 3.8) is 0 Å². The molecule has 2 heterocycles. The fourth-order valence-electron chi connectivity index (χ4n) is 2.95. The maximum atomic E-state index is 9.64. The molecule has 0 bridgehead atoms. The van der Waals surface area contributed by atoms with Crippen LogP contribution in [0.1, 0.15) is 29.2 Å². The summed E-state index contributed by atoms with van der Waals surface area (Å²) in [7, 11) is 0. The van der Waals surface area contributed by atoms with Crippen molar-refractivity contribution in [2.45, 2.75) is 39.2 Å². The second-order valence-corrected chi connectivity index (χ2v) is 4.97. The Labute approximate surface area is 101 Å². The third kappa shape index (κ3) is 1.61. The first-order valence-electron chi connectivity index (χ1n) is 6.29. The molecular weight excluding hydrogens is 216 g/mol. The molecule has 0 fully saturated rings. The van der Waals surface area contributed by atoms with E-state index in [4.69, 9.17) is 9.47 Å². The Bertz CT molecular complexity index is 428. The molecule has 17 heavy (non-hydrogen) atoms. The van der Waals surface area contributed by atoms with Crippen LogP contribution in [-0.4, -0.2) is 24.4 Å². The average molecular weight is 234 g/mol. The van der Waals surface area contributed by atoms with Gasteiger partial charge in [-0.05, 0) is 19.4 Å². The molecule has 2 aliphatic rings. The normalized spacial score (nSPS) is 18.3. The highest BCUT2D eigenvalue weighted by Gasteiger charge is 2.29. The van der Waals surface area contributed by atoms with E-state index in [2.05, 4.69) is 6.92 Å². The molecule has 1 aromatic rings. The van der Waals surface area contributed by atoms with Crippen LogP contribution in [0.5, 0.6) is 11.5 Å². The van der Waals surface area contributed by atoms with Gasteiger partial charge >= 0.3 is 0 Å². The van der Waals surface area contributed by atoms with Crippen molar-refractivity contribution >= 4 is 0 Å². The van der Waals surface area contributed by atoms with Gasteiger partial charge in [-0.3, -0.25) is 0 Å². The molecule has 2 aliphatic heterocycles. The van der Waals surface area contributed by atoms with E-state index in [1.165, 1.54) is 22.3 Å². The molecule has 0 spiro atoms. The van der Waals surface area contributed by atoms with Crippen LogP contribution in [0.4, 0.5) is 0 Å². The second-order valence-electron chi connectivity index (χ2n) is 4.97. The zero-order valence-corrected chi connectivity index (χ0v) is 10.4. The lowest BCUT2D eigenvalue weighted by Gasteiger charge is -2.16. The molecule has 0 saturated heterocycles. The SMILES string of the molecule is Cc1c2c(c(CC(C)O)c3c1OCC3)OCC2. The van der Waals surface area contributed by atoms with Gasteiger partial charge in [0.2, 0.25) is 0 Å². The van der Waals surface area contributed by atoms with Crippen LogP contribution in [0.25, 0.3) is 0 Å². The van der Waals surface area contributed by atoms with E-state index in [0.29, 0.717) is 6.42 Å². The molecule has 1 atom stereocenters. The summed E-state index contributed by atoms with van der Waals surface area (Å²) in [5.41, 5.74) is 4.94. The van der Waals surface area contributed by atoms with Crippen molar-refractivity contribution in [3.05, 3.63) is 22.3 Å². The summed E-state index contributed by atoms with van der Waals surface area (Å²) >= 11 is 0. The first kappa shape index (κ1) is 10.9. The standard InChI is InChI=1S/C14H18O3/c1-8(15)7-12-11-4-6-16-13(11)9(2)10-3-5-17-14(10)12/h8,15H,3-7H2,1-2H3. The monoisotopic (exact) mass is 234 g/mol. The quantitative estimate of drug-likeness (QED) is 0.848. The lowest BCUT2D eigenvalue weighted by molar-refractivity contribution is 0.193. The number of aliphatic hydroxyl groups excluding tert-OH is 1. The van der Waals surface area contributed by atoms with Crippen molar-refractivity contribution in [1.29, 1.82) is 0 Å². The van der Waals surface area contributed by atoms with Crippen LogP contribution in [0.3, 0.4) is 0 Å². The molecule has 1 unspecified atom stereocenters. The number of aliphatic hydroxyl groups is 1. The summed E-state index contributed by atoms with van der Waals surface area (Å²) in [4.78, 5) is 0. The van der Waals surface area contributed by atoms with Gasteiger partial charge in [0, 0.05) is 36.0 Å². The zero-order chi connectivity index (χ0) is 12.0. The number of hydrogen-bond donors (Lipinski definition) is 1. The van der Waals surface area contributed by atoms with Crippen molar-refractivity contribution in [2.24, 2.45) is 0 Å². The molecule has 92 valence electrons. The summed E-state index contributed by atoms with van der Waals surface area (Å²) in [5.74, 6) is 2.07. The van der Waals surface area contributed by atoms with E-state index >= 15 is 0 Å². The van der Waals surface area contributed by atoms with E-state index in [9.17, 15) is 5.11 Å². The largest absolute Gasteiger partial charge is 0.493 e. The lowest BCUT2D eigenvalue weighted by Crippen LogP contribution is -2.08. The summed E-state index contributed by atoms with van der Waals surface area (Å²) in [5, 5.41) is 9.64. The fraction of sp³-hybridized carbons (Fsp3) is 0.571. The van der Waals surface area contributed by atoms with E-state index in [1.807, 2.05) is 6.92 Å². The minimum absolute atomic E-state index is 0.337. The zero-order valence-electron chi connectivity index (χ0n) is 10.4. The maximum Gasteiger partial charge on any atom is 0.126 e. The highest BCUT2D eigenvalue weighted by molar-refractivity contribution is 5.61. The first-order chi connectivity index (χ1) is 8.18. The minimum Gasteiger partial charge on any atom is -0.493 e. The van der Waals surface area contributed by atoms with Crippen LogP contribution in [0.15, 0.2) is 0 Å². The van der Waals surface area contributed by atoms with E-state index in [1.54, 1.807) is 0 Å². The fourth-order valence-corrected chi connectivity index (χ4v) is 2.95. The van der Waals surface area contributed by atoms with Crippen LogP contribution in [0.2, 0.25) is 0 Å². The summed E-state index contributed by atoms with van der Waals surface area (Å²) in [6.45, 7) is 5.45. The predicted octanol–water partition coefficient (Wildman–Crippen LogP) is 1.79. The van der Waals surface area contributed by atoms with Gasteiger partial charge in [-0.15, -0.1) is 0 Å². The van der Waals surface area contributed by atoms with Gasteiger partial charge in [0.25, 0.3) is 0 Å². The molecule has 0 amide bonds. The molecule has 3 heteroatoms. The third-order valence-electron chi connectivity index (χ3n) is 3.68. The van der Waals surface area contributed by atoms with Crippen molar-refractivity contribution in [1.82, 2.24) is 0 Å². The molecule has 1 N–H and O–H groups in total. The number of ether oxygens (including phenoxy) is 2. The Morgan fingerprint density at radius 2 is 1.76 bits per heavy atom. The number of hydrogen-bond acceptors (Lipinski definition) is 3. The highest BCUT2D eigenvalue weighted by atomic mass is 16.5. The van der Waals surface area contributed by atoms with Gasteiger partial charge in [-0.2, -0.15) is 0 Å².